The van der Waals surface area contributed by atoms with Gasteiger partial charge in [-0.1, -0.05) is 121 Å². The van der Waals surface area contributed by atoms with Gasteiger partial charge in [-0.15, -0.1) is 0 Å². The third-order valence-corrected chi connectivity index (χ3v) is 8.25. The number of ether oxygens (including phenoxy) is 2. The standard InChI is InChI=1S/C40H76N2O4/c1-16-23-32(45-33(43)24-19-21-26-36(4,5)6)35(39(12,13)31-40(14,15)41-28-29-42(17-2)18-3)46-34(44)25-20-22-27-38(10,11)30-37(7,8)9/h21-22,26-27,32,35,41H,16-20,23-25,28-31H2,1-15H3/b26-21+,27-22+. The molecule has 0 saturated heterocycles. The van der Waals surface area contributed by atoms with Gasteiger partial charge in [0, 0.05) is 36.9 Å². The summed E-state index contributed by atoms with van der Waals surface area (Å²) in [6.07, 6.45) is 12.6. The first-order chi connectivity index (χ1) is 21.0. The molecule has 0 bridgehead atoms. The van der Waals surface area contributed by atoms with Crippen molar-refractivity contribution in [3.05, 3.63) is 24.3 Å². The summed E-state index contributed by atoms with van der Waals surface area (Å²) in [4.78, 5) is 28.9. The average molecular weight is 649 g/mol. The summed E-state index contributed by atoms with van der Waals surface area (Å²) in [5.41, 5.74) is -0.297. The van der Waals surface area contributed by atoms with Crippen LogP contribution in [-0.4, -0.2) is 60.8 Å². The molecule has 0 saturated carbocycles. The largest absolute Gasteiger partial charge is 0.458 e. The Bertz CT molecular complexity index is 930. The van der Waals surface area contributed by atoms with Crippen molar-refractivity contribution in [2.45, 2.75) is 173 Å². The van der Waals surface area contributed by atoms with E-state index in [1.165, 1.54) is 0 Å². The smallest absolute Gasteiger partial charge is 0.306 e. The highest BCUT2D eigenvalue weighted by Crippen LogP contribution is 2.38. The van der Waals surface area contributed by atoms with Crippen molar-refractivity contribution in [1.29, 1.82) is 0 Å². The number of likely N-dealkylation sites (N-methyl/N-ethyl adjacent to an activating group) is 1. The Labute approximate surface area is 285 Å². The van der Waals surface area contributed by atoms with Crippen LogP contribution >= 0.6 is 0 Å². The number of nitrogens with one attached hydrogen (secondary N) is 1. The highest BCUT2D eigenvalue weighted by Gasteiger charge is 2.43. The molecule has 6 heteroatoms. The fourth-order valence-corrected chi connectivity index (χ4v) is 6.79. The number of carbonyl (C=O) groups excluding carboxylic acids is 2. The van der Waals surface area contributed by atoms with Crippen molar-refractivity contribution in [2.75, 3.05) is 26.2 Å². The van der Waals surface area contributed by atoms with E-state index in [4.69, 9.17) is 9.47 Å². The number of carbonyl (C=O) groups is 2. The number of rotatable bonds is 22. The van der Waals surface area contributed by atoms with Gasteiger partial charge in [-0.3, -0.25) is 9.59 Å². The number of hydrogen-bond donors (Lipinski definition) is 1. The van der Waals surface area contributed by atoms with Crippen molar-refractivity contribution in [3.63, 3.8) is 0 Å². The van der Waals surface area contributed by atoms with Gasteiger partial charge in [-0.25, -0.2) is 0 Å². The molecule has 2 unspecified atom stereocenters. The highest BCUT2D eigenvalue weighted by molar-refractivity contribution is 5.71. The van der Waals surface area contributed by atoms with Crippen LogP contribution in [0.2, 0.25) is 0 Å². The lowest BCUT2D eigenvalue weighted by Gasteiger charge is -2.43. The summed E-state index contributed by atoms with van der Waals surface area (Å²) >= 11 is 0. The van der Waals surface area contributed by atoms with Crippen LogP contribution < -0.4 is 5.32 Å². The Morgan fingerprint density at radius 3 is 1.74 bits per heavy atom. The second-order valence-electron chi connectivity index (χ2n) is 17.7. The van der Waals surface area contributed by atoms with Crippen LogP contribution in [0, 0.1) is 21.7 Å². The first-order valence-corrected chi connectivity index (χ1v) is 18.2. The fourth-order valence-electron chi connectivity index (χ4n) is 6.79. The van der Waals surface area contributed by atoms with E-state index in [1.807, 2.05) is 0 Å². The fraction of sp³-hybridized carbons (Fsp3) is 0.850. The molecule has 2 atom stereocenters. The van der Waals surface area contributed by atoms with E-state index in [0.29, 0.717) is 32.1 Å². The Morgan fingerprint density at radius 1 is 0.739 bits per heavy atom. The van der Waals surface area contributed by atoms with Gasteiger partial charge in [0.25, 0.3) is 0 Å². The van der Waals surface area contributed by atoms with Crippen molar-refractivity contribution >= 4 is 11.9 Å². The summed E-state index contributed by atoms with van der Waals surface area (Å²) in [7, 11) is 0. The van der Waals surface area contributed by atoms with E-state index >= 15 is 0 Å². The molecule has 0 aromatic rings. The third kappa shape index (κ3) is 21.3. The highest BCUT2D eigenvalue weighted by atomic mass is 16.6. The summed E-state index contributed by atoms with van der Waals surface area (Å²) in [5.74, 6) is -0.483. The molecule has 0 heterocycles. The quantitative estimate of drug-likeness (QED) is 0.0931. The van der Waals surface area contributed by atoms with Crippen LogP contribution in [0.1, 0.15) is 155 Å². The summed E-state index contributed by atoms with van der Waals surface area (Å²) < 4.78 is 12.5. The molecule has 0 aliphatic heterocycles. The van der Waals surface area contributed by atoms with Crippen LogP contribution in [0.3, 0.4) is 0 Å². The summed E-state index contributed by atoms with van der Waals surface area (Å²) in [6, 6.07) is 0. The molecule has 0 amide bonds. The molecule has 0 aromatic carbocycles. The Morgan fingerprint density at radius 2 is 1.26 bits per heavy atom. The van der Waals surface area contributed by atoms with Crippen molar-refractivity contribution in [3.8, 4) is 0 Å². The maximum absolute atomic E-state index is 13.4. The average Bonchev–Trinajstić information content (AvgIpc) is 2.87. The molecule has 0 aliphatic rings. The van der Waals surface area contributed by atoms with Crippen molar-refractivity contribution < 1.29 is 19.1 Å². The van der Waals surface area contributed by atoms with Crippen LogP contribution in [0.15, 0.2) is 24.3 Å². The van der Waals surface area contributed by atoms with E-state index in [9.17, 15) is 9.59 Å². The molecule has 0 fully saturated rings. The lowest BCUT2D eigenvalue weighted by atomic mass is 9.73. The lowest BCUT2D eigenvalue weighted by molar-refractivity contribution is -0.180. The minimum Gasteiger partial charge on any atom is -0.458 e. The van der Waals surface area contributed by atoms with E-state index < -0.39 is 17.6 Å². The van der Waals surface area contributed by atoms with Crippen molar-refractivity contribution in [1.82, 2.24) is 10.2 Å². The van der Waals surface area contributed by atoms with Crippen molar-refractivity contribution in [2.24, 2.45) is 21.7 Å². The molecule has 46 heavy (non-hydrogen) atoms. The molecule has 270 valence electrons. The third-order valence-electron chi connectivity index (χ3n) is 8.25. The second kappa shape index (κ2) is 20.0. The zero-order chi connectivity index (χ0) is 35.8. The Balaban J connectivity index is 5.92. The summed E-state index contributed by atoms with van der Waals surface area (Å²) in [6.45, 7) is 36.8. The van der Waals surface area contributed by atoms with E-state index in [1.54, 1.807) is 0 Å². The molecule has 0 rings (SSSR count). The predicted octanol–water partition coefficient (Wildman–Crippen LogP) is 9.92. The maximum Gasteiger partial charge on any atom is 0.306 e. The number of hydrogen-bond acceptors (Lipinski definition) is 6. The SMILES string of the molecule is CCCC(OC(=O)CC/C=C/C(C)(C)C)C(OC(=O)CC/C=C/C(C)(C)CC(C)(C)C)C(C)(C)CC(C)(C)NCCN(CC)CC. The monoisotopic (exact) mass is 649 g/mol. The van der Waals surface area contributed by atoms with Gasteiger partial charge >= 0.3 is 11.9 Å². The van der Waals surface area contributed by atoms with Gasteiger partial charge in [-0.2, -0.15) is 0 Å². The van der Waals surface area contributed by atoms with E-state index in [0.717, 1.165) is 45.4 Å². The van der Waals surface area contributed by atoms with Crippen LogP contribution in [0.4, 0.5) is 0 Å². The molecular weight excluding hydrogens is 572 g/mol. The number of nitrogens with zero attached hydrogens (tertiary/aromatic N) is 1. The minimum absolute atomic E-state index is 0.0546. The van der Waals surface area contributed by atoms with Gasteiger partial charge in [0.2, 0.25) is 0 Å². The summed E-state index contributed by atoms with van der Waals surface area (Å²) in [5, 5.41) is 3.75. The van der Waals surface area contributed by atoms with Crippen LogP contribution in [0.25, 0.3) is 0 Å². The first kappa shape index (κ1) is 44.3. The zero-order valence-corrected chi connectivity index (χ0v) is 33.0. The Kier molecular flexibility index (Phi) is 19.3. The molecule has 0 spiro atoms. The maximum atomic E-state index is 13.4. The second-order valence-corrected chi connectivity index (χ2v) is 17.7. The van der Waals surface area contributed by atoms with Crippen LogP contribution in [-0.2, 0) is 19.1 Å². The lowest BCUT2D eigenvalue weighted by Crippen LogP contribution is -2.52. The normalized spacial score (nSPS) is 15.1. The Hall–Kier alpha value is -1.66. The van der Waals surface area contributed by atoms with Gasteiger partial charge in [0.15, 0.2) is 0 Å². The van der Waals surface area contributed by atoms with E-state index in [2.05, 4.69) is 138 Å². The number of esters is 2. The van der Waals surface area contributed by atoms with Gasteiger partial charge in [0.1, 0.15) is 12.2 Å². The topological polar surface area (TPSA) is 67.9 Å². The molecule has 0 aromatic heterocycles. The predicted molar refractivity (Wildman–Crippen MR) is 197 cm³/mol. The van der Waals surface area contributed by atoms with Gasteiger partial charge in [-0.05, 0) is 75.3 Å². The molecule has 1 N–H and O–H groups in total. The first-order valence-electron chi connectivity index (χ1n) is 18.2. The minimum atomic E-state index is -0.556. The molecular formula is C40H76N2O4. The number of allylic oxidation sites excluding steroid dienone is 4. The van der Waals surface area contributed by atoms with Crippen LogP contribution in [0.5, 0.6) is 0 Å². The molecule has 6 nitrogen and oxygen atoms in total. The zero-order valence-electron chi connectivity index (χ0n) is 33.0. The molecule has 0 radical (unpaired) electrons. The van der Waals surface area contributed by atoms with Gasteiger partial charge in [0.05, 0.1) is 0 Å². The van der Waals surface area contributed by atoms with Gasteiger partial charge < -0.3 is 19.7 Å². The molecule has 0 aliphatic carbocycles. The van der Waals surface area contributed by atoms with E-state index in [-0.39, 0.29) is 33.7 Å².